The molecule has 0 spiro atoms. The van der Waals surface area contributed by atoms with Gasteiger partial charge in [-0.2, -0.15) is 0 Å². The molecule has 0 bridgehead atoms. The molecule has 3 nitrogen and oxygen atoms in total. The third-order valence-corrected chi connectivity index (χ3v) is 3.69. The Bertz CT molecular complexity index is 224. The van der Waals surface area contributed by atoms with Crippen LogP contribution in [0.4, 0.5) is 0 Å². The molecule has 2 N–H and O–H groups in total. The summed E-state index contributed by atoms with van der Waals surface area (Å²) in [7, 11) is 0. The summed E-state index contributed by atoms with van der Waals surface area (Å²) in [5.74, 6) is 0.271. The molecule has 0 radical (unpaired) electrons. The molecule has 3 heteroatoms. The smallest absolute Gasteiger partial charge is 0.0766 e. The van der Waals surface area contributed by atoms with Crippen molar-refractivity contribution in [2.45, 2.75) is 64.7 Å². The highest BCUT2D eigenvalue weighted by atomic mass is 16.5. The van der Waals surface area contributed by atoms with Gasteiger partial charge in [0.1, 0.15) is 0 Å². The predicted octanol–water partition coefficient (Wildman–Crippen LogP) is 1.94. The molecule has 1 heterocycles. The Hall–Kier alpha value is -0.120. The molecule has 0 saturated carbocycles. The predicted molar refractivity (Wildman–Crippen MR) is 66.5 cm³/mol. The first kappa shape index (κ1) is 13.9. The Morgan fingerprint density at radius 2 is 2.12 bits per heavy atom. The quantitative estimate of drug-likeness (QED) is 0.774. The Morgan fingerprint density at radius 3 is 2.62 bits per heavy atom. The highest BCUT2D eigenvalue weighted by Crippen LogP contribution is 2.24. The van der Waals surface area contributed by atoms with Crippen LogP contribution in [-0.4, -0.2) is 35.5 Å². The Kier molecular flexibility index (Phi) is 4.38. The second-order valence-corrected chi connectivity index (χ2v) is 6.19. The van der Waals surface area contributed by atoms with E-state index in [1.54, 1.807) is 0 Å². The maximum atomic E-state index is 10.2. The van der Waals surface area contributed by atoms with E-state index in [1.807, 2.05) is 6.92 Å². The first-order chi connectivity index (χ1) is 7.23. The van der Waals surface area contributed by atoms with Crippen LogP contribution >= 0.6 is 0 Å². The summed E-state index contributed by atoms with van der Waals surface area (Å²) in [4.78, 5) is 0. The summed E-state index contributed by atoms with van der Waals surface area (Å²) >= 11 is 0. The third kappa shape index (κ3) is 4.04. The van der Waals surface area contributed by atoms with Crippen molar-refractivity contribution in [3.63, 3.8) is 0 Å². The molecule has 0 amide bonds. The number of ether oxygens (including phenoxy) is 1. The molecule has 0 aromatic rings. The zero-order valence-electron chi connectivity index (χ0n) is 11.3. The van der Waals surface area contributed by atoms with Crippen LogP contribution in [0.2, 0.25) is 0 Å². The lowest BCUT2D eigenvalue weighted by Gasteiger charge is -2.38. The standard InChI is InChI=1S/C13H27NO2/c1-10(2)13(5,15)9-14-11-6-7-16-12(3,4)8-11/h10-11,14-15H,6-9H2,1-5H3. The van der Waals surface area contributed by atoms with Crippen LogP contribution in [0.5, 0.6) is 0 Å². The average Bonchev–Trinajstić information content (AvgIpc) is 2.13. The van der Waals surface area contributed by atoms with Crippen molar-refractivity contribution in [3.8, 4) is 0 Å². The van der Waals surface area contributed by atoms with Crippen molar-refractivity contribution < 1.29 is 9.84 Å². The summed E-state index contributed by atoms with van der Waals surface area (Å²) in [6.07, 6.45) is 2.05. The van der Waals surface area contributed by atoms with Crippen molar-refractivity contribution in [2.75, 3.05) is 13.2 Å². The highest BCUT2D eigenvalue weighted by Gasteiger charge is 2.31. The van der Waals surface area contributed by atoms with E-state index in [0.29, 0.717) is 12.6 Å². The van der Waals surface area contributed by atoms with Crippen molar-refractivity contribution in [3.05, 3.63) is 0 Å². The zero-order chi connectivity index (χ0) is 12.4. The van der Waals surface area contributed by atoms with E-state index in [1.165, 1.54) is 0 Å². The summed E-state index contributed by atoms with van der Waals surface area (Å²) in [5, 5.41) is 13.6. The molecule has 1 fully saturated rings. The van der Waals surface area contributed by atoms with Gasteiger partial charge in [0.05, 0.1) is 11.2 Å². The fourth-order valence-corrected chi connectivity index (χ4v) is 1.96. The molecule has 0 aliphatic carbocycles. The largest absolute Gasteiger partial charge is 0.389 e. The lowest BCUT2D eigenvalue weighted by Crippen LogP contribution is -2.50. The molecule has 1 aliphatic heterocycles. The molecular weight excluding hydrogens is 202 g/mol. The van der Waals surface area contributed by atoms with Crippen molar-refractivity contribution >= 4 is 0 Å². The Labute approximate surface area is 99.6 Å². The second kappa shape index (κ2) is 5.03. The minimum absolute atomic E-state index is 0.0282. The molecular formula is C13H27NO2. The van der Waals surface area contributed by atoms with Crippen LogP contribution in [0.15, 0.2) is 0 Å². The van der Waals surface area contributed by atoms with Gasteiger partial charge in [-0.05, 0) is 39.5 Å². The molecule has 1 aliphatic rings. The summed E-state index contributed by atoms with van der Waals surface area (Å²) < 4.78 is 5.67. The van der Waals surface area contributed by atoms with Gasteiger partial charge in [-0.1, -0.05) is 13.8 Å². The SMILES string of the molecule is CC(C)C(C)(O)CNC1CCOC(C)(C)C1. The van der Waals surface area contributed by atoms with Gasteiger partial charge in [0.25, 0.3) is 0 Å². The second-order valence-electron chi connectivity index (χ2n) is 6.19. The van der Waals surface area contributed by atoms with Crippen LogP contribution in [-0.2, 0) is 4.74 Å². The summed E-state index contributed by atoms with van der Waals surface area (Å²) in [6, 6.07) is 0.467. The van der Waals surface area contributed by atoms with Crippen LogP contribution in [0.1, 0.15) is 47.5 Å². The van der Waals surface area contributed by atoms with Crippen LogP contribution in [0.25, 0.3) is 0 Å². The number of hydrogen-bond acceptors (Lipinski definition) is 3. The van der Waals surface area contributed by atoms with Gasteiger partial charge in [-0.3, -0.25) is 0 Å². The lowest BCUT2D eigenvalue weighted by atomic mass is 9.90. The molecule has 16 heavy (non-hydrogen) atoms. The van der Waals surface area contributed by atoms with E-state index in [4.69, 9.17) is 4.74 Å². The zero-order valence-corrected chi connectivity index (χ0v) is 11.3. The molecule has 2 unspecified atom stereocenters. The van der Waals surface area contributed by atoms with Gasteiger partial charge in [0.2, 0.25) is 0 Å². The van der Waals surface area contributed by atoms with Crippen LogP contribution < -0.4 is 5.32 Å². The van der Waals surface area contributed by atoms with E-state index in [2.05, 4.69) is 33.0 Å². The molecule has 0 aromatic heterocycles. The van der Waals surface area contributed by atoms with Gasteiger partial charge >= 0.3 is 0 Å². The van der Waals surface area contributed by atoms with E-state index in [0.717, 1.165) is 19.4 Å². The number of hydrogen-bond donors (Lipinski definition) is 2. The highest BCUT2D eigenvalue weighted by molar-refractivity contribution is 4.86. The molecule has 1 rings (SSSR count). The summed E-state index contributed by atoms with van der Waals surface area (Å²) in [5.41, 5.74) is -0.651. The van der Waals surface area contributed by atoms with Crippen molar-refractivity contribution in [2.24, 2.45) is 5.92 Å². The maximum Gasteiger partial charge on any atom is 0.0766 e. The lowest BCUT2D eigenvalue weighted by molar-refractivity contribution is -0.0675. The Morgan fingerprint density at radius 1 is 1.50 bits per heavy atom. The van der Waals surface area contributed by atoms with Crippen LogP contribution in [0.3, 0.4) is 0 Å². The minimum Gasteiger partial charge on any atom is -0.389 e. The molecule has 1 saturated heterocycles. The third-order valence-electron chi connectivity index (χ3n) is 3.69. The van der Waals surface area contributed by atoms with Gasteiger partial charge in [-0.25, -0.2) is 0 Å². The van der Waals surface area contributed by atoms with E-state index >= 15 is 0 Å². The fraction of sp³-hybridized carbons (Fsp3) is 1.00. The first-order valence-corrected chi connectivity index (χ1v) is 6.33. The van der Waals surface area contributed by atoms with Gasteiger partial charge in [-0.15, -0.1) is 0 Å². The summed E-state index contributed by atoms with van der Waals surface area (Å²) in [6.45, 7) is 11.7. The monoisotopic (exact) mass is 229 g/mol. The van der Waals surface area contributed by atoms with E-state index in [-0.39, 0.29) is 11.5 Å². The number of aliphatic hydroxyl groups is 1. The van der Waals surface area contributed by atoms with Crippen molar-refractivity contribution in [1.82, 2.24) is 5.32 Å². The maximum absolute atomic E-state index is 10.2. The first-order valence-electron chi connectivity index (χ1n) is 6.33. The number of nitrogens with one attached hydrogen (secondary N) is 1. The minimum atomic E-state index is -0.623. The van der Waals surface area contributed by atoms with E-state index in [9.17, 15) is 5.11 Å². The fourth-order valence-electron chi connectivity index (χ4n) is 1.96. The number of rotatable bonds is 4. The van der Waals surface area contributed by atoms with Crippen molar-refractivity contribution in [1.29, 1.82) is 0 Å². The average molecular weight is 229 g/mol. The van der Waals surface area contributed by atoms with Gasteiger partial charge in [0.15, 0.2) is 0 Å². The molecule has 0 aromatic carbocycles. The van der Waals surface area contributed by atoms with Gasteiger partial charge < -0.3 is 15.2 Å². The molecule has 96 valence electrons. The van der Waals surface area contributed by atoms with Crippen LogP contribution in [0, 0.1) is 5.92 Å². The Balaban J connectivity index is 2.38. The molecule has 2 atom stereocenters. The normalized spacial score (nSPS) is 29.1. The van der Waals surface area contributed by atoms with E-state index < -0.39 is 5.60 Å². The topological polar surface area (TPSA) is 41.5 Å². The van der Waals surface area contributed by atoms with Gasteiger partial charge in [0, 0.05) is 19.2 Å².